The summed E-state index contributed by atoms with van der Waals surface area (Å²) in [5, 5.41) is 11.9. The maximum absolute atomic E-state index is 13.0. The highest BCUT2D eigenvalue weighted by molar-refractivity contribution is 5.70. The van der Waals surface area contributed by atoms with Gasteiger partial charge in [0.1, 0.15) is 13.2 Å². The van der Waals surface area contributed by atoms with Crippen molar-refractivity contribution in [2.75, 3.05) is 47.5 Å². The Bertz CT molecular complexity index is 2430. The second-order valence-corrected chi connectivity index (χ2v) is 30.1. The van der Waals surface area contributed by atoms with Crippen LogP contribution in [0.1, 0.15) is 361 Å². The summed E-state index contributed by atoms with van der Waals surface area (Å²) in [6.07, 6.45) is 127. The molecule has 0 radical (unpaired) electrons. The van der Waals surface area contributed by atoms with E-state index in [9.17, 15) is 19.5 Å². The largest absolute Gasteiger partial charge is 0.545 e. The summed E-state index contributed by atoms with van der Waals surface area (Å²) in [6, 6.07) is 0. The summed E-state index contributed by atoms with van der Waals surface area (Å²) in [7, 11) is 5.94. The monoisotopic (exact) mass is 1480 g/mol. The molecule has 0 amide bonds. The molecule has 0 heterocycles. The number of rotatable bonds is 80. The molecule has 0 saturated carbocycles. The van der Waals surface area contributed by atoms with Gasteiger partial charge in [-0.2, -0.15) is 0 Å². The van der Waals surface area contributed by atoms with E-state index in [2.05, 4.69) is 196 Å². The Morgan fingerprint density at radius 3 is 0.748 bits per heavy atom. The molecule has 608 valence electrons. The average Bonchev–Trinajstić information content (AvgIpc) is 0.965. The summed E-state index contributed by atoms with van der Waals surface area (Å²) < 4.78 is 22.9. The summed E-state index contributed by atoms with van der Waals surface area (Å²) in [4.78, 5) is 37.7. The molecular weight excluding hydrogens is 1320 g/mol. The molecule has 0 rings (SSSR count). The molecule has 0 aromatic heterocycles. The molecule has 0 spiro atoms. The summed E-state index contributed by atoms with van der Waals surface area (Å²) in [5.41, 5.74) is 0. The molecule has 0 bridgehead atoms. The van der Waals surface area contributed by atoms with Crippen LogP contribution in [-0.4, -0.2) is 82.3 Å². The molecule has 9 nitrogen and oxygen atoms in total. The van der Waals surface area contributed by atoms with Crippen LogP contribution >= 0.6 is 0 Å². The van der Waals surface area contributed by atoms with E-state index >= 15 is 0 Å². The number of aliphatic carboxylic acids is 1. The maximum Gasteiger partial charge on any atom is 0.306 e. The van der Waals surface area contributed by atoms with Gasteiger partial charge in [-0.25, -0.2) is 0 Å². The fraction of sp³-hybridized carbons (Fsp3) is 0.663. The van der Waals surface area contributed by atoms with Crippen LogP contribution in [0.3, 0.4) is 0 Å². The number of unbranched alkanes of at least 4 members (excludes halogenated alkanes) is 35. The van der Waals surface area contributed by atoms with E-state index < -0.39 is 24.3 Å². The molecule has 0 saturated heterocycles. The van der Waals surface area contributed by atoms with Crippen LogP contribution in [0, 0.1) is 0 Å². The zero-order valence-electron chi connectivity index (χ0n) is 69.7. The lowest BCUT2D eigenvalue weighted by Crippen LogP contribution is -2.44. The summed E-state index contributed by atoms with van der Waals surface area (Å²) >= 11 is 0. The minimum Gasteiger partial charge on any atom is -0.545 e. The first-order valence-corrected chi connectivity index (χ1v) is 43.9. The Balaban J connectivity index is 4.00. The van der Waals surface area contributed by atoms with Crippen LogP contribution in [-0.2, 0) is 33.3 Å². The molecule has 0 fully saturated rings. The number of carboxylic acids is 1. The molecule has 9 heteroatoms. The van der Waals surface area contributed by atoms with Crippen molar-refractivity contribution < 1.29 is 42.9 Å². The van der Waals surface area contributed by atoms with Gasteiger partial charge >= 0.3 is 11.9 Å². The van der Waals surface area contributed by atoms with Gasteiger partial charge in [0, 0.05) is 12.8 Å². The molecule has 107 heavy (non-hydrogen) atoms. The van der Waals surface area contributed by atoms with Crippen molar-refractivity contribution in [3.05, 3.63) is 182 Å². The van der Waals surface area contributed by atoms with E-state index in [1.54, 1.807) is 0 Å². The van der Waals surface area contributed by atoms with Crippen LogP contribution in [0.15, 0.2) is 182 Å². The maximum atomic E-state index is 13.0. The normalized spacial score (nSPS) is 13.5. The fourth-order valence-electron chi connectivity index (χ4n) is 12.1. The third kappa shape index (κ3) is 87.5. The summed E-state index contributed by atoms with van der Waals surface area (Å²) in [5.74, 6) is -2.27. The Morgan fingerprint density at radius 1 is 0.280 bits per heavy atom. The second kappa shape index (κ2) is 86.0. The lowest BCUT2D eigenvalue weighted by atomic mass is 10.0. The number of allylic oxidation sites excluding steroid dienone is 30. The van der Waals surface area contributed by atoms with Crippen LogP contribution in [0.25, 0.3) is 0 Å². The SMILES string of the molecule is CC/C=C\C/C=C\C/C=C\C/C=C\C/C=C\C/C=C\C/C=C\C/C=C\CCCCCCCCCCCCCCCCCCC(=O)OC(COC(=O)CCCCCCCCCCCCCCCCCCCCC/C=C\C/C=C\C/C=C\C/C=C\C/C=C\C/C=C\C/C=C\CC)COC(OCC[N+](C)(C)C)C(=O)[O-]. The smallest absolute Gasteiger partial charge is 0.306 e. The highest BCUT2D eigenvalue weighted by Gasteiger charge is 2.22. The Kier molecular flexibility index (Phi) is 81.5. The molecular formula is C98H163NO8. The molecule has 0 aliphatic heterocycles. The Labute approximate surface area is 659 Å². The number of carbonyl (C=O) groups excluding carboxylic acids is 3. The van der Waals surface area contributed by atoms with Gasteiger partial charge < -0.3 is 33.3 Å². The summed E-state index contributed by atoms with van der Waals surface area (Å²) in [6.45, 7) is 4.54. The van der Waals surface area contributed by atoms with Crippen LogP contribution < -0.4 is 5.11 Å². The Hall–Kier alpha value is -5.61. The first-order chi connectivity index (χ1) is 52.6. The number of hydrogen-bond acceptors (Lipinski definition) is 8. The quantitative estimate of drug-likeness (QED) is 0.0195. The van der Waals surface area contributed by atoms with Crippen molar-refractivity contribution in [3.63, 3.8) is 0 Å². The first kappa shape index (κ1) is 101. The Morgan fingerprint density at radius 2 is 0.505 bits per heavy atom. The number of esters is 2. The van der Waals surface area contributed by atoms with Crippen molar-refractivity contribution in [1.82, 2.24) is 0 Å². The molecule has 0 aromatic rings. The minimum atomic E-state index is -1.63. The van der Waals surface area contributed by atoms with Gasteiger partial charge in [-0.1, -0.05) is 395 Å². The topological polar surface area (TPSA) is 111 Å². The zero-order chi connectivity index (χ0) is 77.4. The van der Waals surface area contributed by atoms with E-state index in [4.69, 9.17) is 18.9 Å². The fourth-order valence-corrected chi connectivity index (χ4v) is 12.1. The van der Waals surface area contributed by atoms with Gasteiger partial charge in [-0.3, -0.25) is 9.59 Å². The third-order valence-corrected chi connectivity index (χ3v) is 18.6. The molecule has 0 N–H and O–H groups in total. The lowest BCUT2D eigenvalue weighted by molar-refractivity contribution is -0.870. The lowest BCUT2D eigenvalue weighted by Gasteiger charge is -2.26. The predicted octanol–water partition coefficient (Wildman–Crippen LogP) is 27.7. The third-order valence-electron chi connectivity index (χ3n) is 18.6. The van der Waals surface area contributed by atoms with Gasteiger partial charge in [0.25, 0.3) is 0 Å². The molecule has 0 aromatic carbocycles. The van der Waals surface area contributed by atoms with Crippen molar-refractivity contribution in [2.45, 2.75) is 373 Å². The molecule has 0 aliphatic carbocycles. The van der Waals surface area contributed by atoms with Gasteiger partial charge in [0.2, 0.25) is 0 Å². The van der Waals surface area contributed by atoms with Gasteiger partial charge in [0.05, 0.1) is 40.3 Å². The predicted molar refractivity (Wildman–Crippen MR) is 462 cm³/mol. The number of hydrogen-bond donors (Lipinski definition) is 0. The number of likely N-dealkylation sites (N-methyl/N-ethyl adjacent to an activating group) is 1. The molecule has 2 unspecified atom stereocenters. The van der Waals surface area contributed by atoms with Gasteiger partial charge in [-0.05, 0) is 135 Å². The number of carbonyl (C=O) groups is 3. The highest BCUT2D eigenvalue weighted by Crippen LogP contribution is 2.19. The average molecular weight is 1480 g/mol. The first-order valence-electron chi connectivity index (χ1n) is 43.9. The second-order valence-electron chi connectivity index (χ2n) is 30.1. The number of carboxylic acid groups (broad SMARTS) is 1. The number of quaternary nitrogens is 1. The minimum absolute atomic E-state index is 0.143. The molecule has 0 aliphatic rings. The highest BCUT2D eigenvalue weighted by atomic mass is 16.7. The van der Waals surface area contributed by atoms with Gasteiger partial charge in [-0.15, -0.1) is 0 Å². The van der Waals surface area contributed by atoms with E-state index in [0.29, 0.717) is 17.4 Å². The van der Waals surface area contributed by atoms with Crippen molar-refractivity contribution in [3.8, 4) is 0 Å². The van der Waals surface area contributed by atoms with Crippen LogP contribution in [0.5, 0.6) is 0 Å². The van der Waals surface area contributed by atoms with Gasteiger partial charge in [0.15, 0.2) is 12.4 Å². The van der Waals surface area contributed by atoms with Crippen molar-refractivity contribution in [2.24, 2.45) is 0 Å². The van der Waals surface area contributed by atoms with Crippen molar-refractivity contribution >= 4 is 17.9 Å². The number of ether oxygens (including phenoxy) is 4. The van der Waals surface area contributed by atoms with E-state index in [-0.39, 0.29) is 38.6 Å². The molecule has 2 atom stereocenters. The zero-order valence-corrected chi connectivity index (χ0v) is 69.7. The van der Waals surface area contributed by atoms with Crippen molar-refractivity contribution in [1.29, 1.82) is 0 Å². The number of nitrogens with zero attached hydrogens (tertiary/aromatic N) is 1. The van der Waals surface area contributed by atoms with Crippen LogP contribution in [0.4, 0.5) is 0 Å². The van der Waals surface area contributed by atoms with E-state index in [1.807, 2.05) is 21.1 Å². The van der Waals surface area contributed by atoms with E-state index in [0.717, 1.165) is 135 Å². The standard InChI is InChI=1S/C98H163NO8/c1-6-8-10-12-14-16-18-20-22-24-26-28-30-32-34-36-38-40-42-44-46-48-50-52-54-56-58-60-62-64-66-68-70-72-74-76-78-80-82-84-86-88-95(100)105-92-94(93-106-98(97(102)103)104-91-90-99(3,4)5)107-96(101)89-87-85-83-81-79-77-75-73-71-69-67-65-63-61-59-57-55-53-51-49-47-45-43-41-39-37-35-33-31-29-27-25-23-21-19-17-15-13-11-9-7-2/h8-11,14-17,20-23,26-29,32-35,38-41,44-47,51,53,94,98H,6-7,12-13,18-19,24-25,30-31,36-37,42-43,48-50,52,54-93H2,1-5H3/b10-8-,11-9-,16-14-,17-15-,22-20-,23-21-,28-26-,29-27-,34-32-,35-33-,40-38-,41-39-,46-44-,47-45-,53-51-. The van der Waals surface area contributed by atoms with Crippen LogP contribution in [0.2, 0.25) is 0 Å². The van der Waals surface area contributed by atoms with E-state index in [1.165, 1.54) is 193 Å².